The Balaban J connectivity index is 2.03. The highest BCUT2D eigenvalue weighted by atomic mass is 32.2. The maximum Gasteiger partial charge on any atom is 0.0249 e. The van der Waals surface area contributed by atoms with E-state index in [1.165, 1.54) is 29.7 Å². The van der Waals surface area contributed by atoms with Crippen LogP contribution in [0.2, 0.25) is 0 Å². The SMILES string of the molecule is CC(C)C1CCC(N)C(Sc2ccc(C(C)(C)C)cc2)C1. The van der Waals surface area contributed by atoms with Gasteiger partial charge in [-0.1, -0.05) is 46.8 Å². The first-order chi connectivity index (χ1) is 9.77. The van der Waals surface area contributed by atoms with E-state index < -0.39 is 0 Å². The van der Waals surface area contributed by atoms with Crippen LogP contribution in [0, 0.1) is 11.8 Å². The van der Waals surface area contributed by atoms with Gasteiger partial charge in [-0.25, -0.2) is 0 Å². The van der Waals surface area contributed by atoms with Gasteiger partial charge in [0.1, 0.15) is 0 Å². The molecule has 1 aliphatic carbocycles. The number of rotatable bonds is 3. The van der Waals surface area contributed by atoms with Gasteiger partial charge in [-0.3, -0.25) is 0 Å². The predicted molar refractivity (Wildman–Crippen MR) is 94.9 cm³/mol. The van der Waals surface area contributed by atoms with Crippen LogP contribution in [-0.4, -0.2) is 11.3 Å². The summed E-state index contributed by atoms with van der Waals surface area (Å²) in [6.45, 7) is 11.5. The number of hydrogen-bond donors (Lipinski definition) is 1. The zero-order chi connectivity index (χ0) is 15.6. The molecule has 0 heterocycles. The molecule has 1 saturated carbocycles. The molecule has 0 spiro atoms. The van der Waals surface area contributed by atoms with Gasteiger partial charge in [0.15, 0.2) is 0 Å². The molecule has 1 fully saturated rings. The Bertz CT molecular complexity index is 444. The van der Waals surface area contributed by atoms with E-state index in [1.54, 1.807) is 0 Å². The van der Waals surface area contributed by atoms with Crippen LogP contribution in [0.5, 0.6) is 0 Å². The van der Waals surface area contributed by atoms with Crippen molar-refractivity contribution in [2.75, 3.05) is 0 Å². The maximum atomic E-state index is 6.37. The summed E-state index contributed by atoms with van der Waals surface area (Å²) < 4.78 is 0. The third-order valence-corrected chi connectivity index (χ3v) is 6.22. The van der Waals surface area contributed by atoms with E-state index in [-0.39, 0.29) is 5.41 Å². The van der Waals surface area contributed by atoms with Crippen LogP contribution in [-0.2, 0) is 5.41 Å². The molecule has 1 aromatic rings. The molecule has 118 valence electrons. The first-order valence-corrected chi connectivity index (χ1v) is 9.18. The highest BCUT2D eigenvalue weighted by Gasteiger charge is 2.30. The van der Waals surface area contributed by atoms with Crippen molar-refractivity contribution in [1.82, 2.24) is 0 Å². The van der Waals surface area contributed by atoms with E-state index in [4.69, 9.17) is 5.73 Å². The topological polar surface area (TPSA) is 26.0 Å². The molecule has 0 aromatic heterocycles. The van der Waals surface area contributed by atoms with Crippen LogP contribution < -0.4 is 5.73 Å². The minimum absolute atomic E-state index is 0.229. The van der Waals surface area contributed by atoms with E-state index in [2.05, 4.69) is 58.9 Å². The van der Waals surface area contributed by atoms with Gasteiger partial charge in [-0.2, -0.15) is 0 Å². The van der Waals surface area contributed by atoms with E-state index in [9.17, 15) is 0 Å². The average Bonchev–Trinajstić information content (AvgIpc) is 2.40. The normalized spacial score (nSPS) is 27.1. The quantitative estimate of drug-likeness (QED) is 0.827. The number of benzene rings is 1. The van der Waals surface area contributed by atoms with Gasteiger partial charge in [0.25, 0.3) is 0 Å². The van der Waals surface area contributed by atoms with Crippen molar-refractivity contribution in [2.24, 2.45) is 17.6 Å². The molecule has 3 atom stereocenters. The molecule has 2 N–H and O–H groups in total. The van der Waals surface area contributed by atoms with Gasteiger partial charge >= 0.3 is 0 Å². The summed E-state index contributed by atoms with van der Waals surface area (Å²) in [5.74, 6) is 1.63. The van der Waals surface area contributed by atoms with E-state index >= 15 is 0 Å². The van der Waals surface area contributed by atoms with Gasteiger partial charge in [0.2, 0.25) is 0 Å². The lowest BCUT2D eigenvalue weighted by atomic mass is 9.79. The summed E-state index contributed by atoms with van der Waals surface area (Å²) in [5.41, 5.74) is 8.00. The van der Waals surface area contributed by atoms with Crippen LogP contribution in [0.25, 0.3) is 0 Å². The van der Waals surface area contributed by atoms with E-state index in [1.807, 2.05) is 11.8 Å². The largest absolute Gasteiger partial charge is 0.327 e. The lowest BCUT2D eigenvalue weighted by Gasteiger charge is -2.35. The number of thioether (sulfide) groups is 1. The molecule has 1 nitrogen and oxygen atoms in total. The molecular weight excluding hydrogens is 274 g/mol. The second-order valence-corrected chi connectivity index (χ2v) is 9.22. The lowest BCUT2D eigenvalue weighted by Crippen LogP contribution is -2.39. The summed E-state index contributed by atoms with van der Waals surface area (Å²) in [5, 5.41) is 0.576. The Hall–Kier alpha value is -0.470. The third-order valence-electron chi connectivity index (χ3n) is 4.83. The molecule has 0 radical (unpaired) electrons. The molecule has 1 aromatic carbocycles. The predicted octanol–water partition coefficient (Wildman–Crippen LogP) is 5.23. The Morgan fingerprint density at radius 3 is 2.24 bits per heavy atom. The Labute approximate surface area is 135 Å². The molecular formula is C19H31NS. The average molecular weight is 306 g/mol. The Morgan fingerprint density at radius 1 is 1.10 bits per heavy atom. The van der Waals surface area contributed by atoms with Crippen LogP contribution in [0.15, 0.2) is 29.2 Å². The summed E-state index contributed by atoms with van der Waals surface area (Å²) >= 11 is 1.99. The molecule has 2 heteroatoms. The van der Waals surface area contributed by atoms with Crippen LogP contribution in [0.3, 0.4) is 0 Å². The van der Waals surface area contributed by atoms with Gasteiger partial charge in [-0.15, -0.1) is 11.8 Å². The zero-order valence-electron chi connectivity index (χ0n) is 14.2. The fraction of sp³-hybridized carbons (Fsp3) is 0.684. The minimum atomic E-state index is 0.229. The summed E-state index contributed by atoms with van der Waals surface area (Å²) in [6.07, 6.45) is 3.75. The second kappa shape index (κ2) is 6.75. The van der Waals surface area contributed by atoms with Crippen LogP contribution >= 0.6 is 11.8 Å². The lowest BCUT2D eigenvalue weighted by molar-refractivity contribution is 0.266. The molecule has 0 amide bonds. The first-order valence-electron chi connectivity index (χ1n) is 8.30. The zero-order valence-corrected chi connectivity index (χ0v) is 15.0. The van der Waals surface area contributed by atoms with Gasteiger partial charge in [0, 0.05) is 16.2 Å². The monoisotopic (exact) mass is 305 g/mol. The third kappa shape index (κ3) is 4.50. The fourth-order valence-corrected chi connectivity index (χ4v) is 4.43. The smallest absolute Gasteiger partial charge is 0.0249 e. The van der Waals surface area contributed by atoms with E-state index in [0.29, 0.717) is 11.3 Å². The van der Waals surface area contributed by atoms with Gasteiger partial charge in [0.05, 0.1) is 0 Å². The van der Waals surface area contributed by atoms with Gasteiger partial charge < -0.3 is 5.73 Å². The first kappa shape index (κ1) is 16.9. The summed E-state index contributed by atoms with van der Waals surface area (Å²) in [4.78, 5) is 1.37. The summed E-state index contributed by atoms with van der Waals surface area (Å²) in [7, 11) is 0. The second-order valence-electron chi connectivity index (χ2n) is 7.91. The van der Waals surface area contributed by atoms with E-state index in [0.717, 1.165) is 11.8 Å². The van der Waals surface area contributed by atoms with Crippen molar-refractivity contribution in [3.63, 3.8) is 0 Å². The Morgan fingerprint density at radius 2 is 1.71 bits per heavy atom. The van der Waals surface area contributed by atoms with Crippen molar-refractivity contribution < 1.29 is 0 Å². The molecule has 0 saturated heterocycles. The summed E-state index contributed by atoms with van der Waals surface area (Å²) in [6, 6.07) is 9.45. The maximum absolute atomic E-state index is 6.37. The molecule has 0 bridgehead atoms. The van der Waals surface area contributed by atoms with Crippen molar-refractivity contribution >= 4 is 11.8 Å². The standard InChI is InChI=1S/C19H31NS/c1-13(2)14-6-11-17(20)18(12-14)21-16-9-7-15(8-10-16)19(3,4)5/h7-10,13-14,17-18H,6,11-12,20H2,1-5H3. The molecule has 21 heavy (non-hydrogen) atoms. The minimum Gasteiger partial charge on any atom is -0.327 e. The molecule has 1 aliphatic rings. The molecule has 2 rings (SSSR count). The highest BCUT2D eigenvalue weighted by Crippen LogP contribution is 2.38. The van der Waals surface area contributed by atoms with Crippen molar-refractivity contribution in [2.45, 2.75) is 75.5 Å². The van der Waals surface area contributed by atoms with Crippen LogP contribution in [0.4, 0.5) is 0 Å². The van der Waals surface area contributed by atoms with Crippen LogP contribution in [0.1, 0.15) is 59.4 Å². The van der Waals surface area contributed by atoms with Gasteiger partial charge in [-0.05, 0) is 54.2 Å². The van der Waals surface area contributed by atoms with Crippen molar-refractivity contribution in [1.29, 1.82) is 0 Å². The highest BCUT2D eigenvalue weighted by molar-refractivity contribution is 8.00. The number of hydrogen-bond acceptors (Lipinski definition) is 2. The van der Waals surface area contributed by atoms with Crippen molar-refractivity contribution in [3.05, 3.63) is 29.8 Å². The molecule has 3 unspecified atom stereocenters. The number of nitrogens with two attached hydrogens (primary N) is 1. The Kier molecular flexibility index (Phi) is 5.43. The molecule has 0 aliphatic heterocycles. The fourth-order valence-electron chi connectivity index (χ4n) is 3.13. The van der Waals surface area contributed by atoms with Crippen molar-refractivity contribution in [3.8, 4) is 0 Å².